The van der Waals surface area contributed by atoms with Gasteiger partial charge in [-0.15, -0.1) is 0 Å². The molecule has 2 rings (SSSR count). The van der Waals surface area contributed by atoms with E-state index in [2.05, 4.69) is 59.9 Å². The Labute approximate surface area is 162 Å². The predicted molar refractivity (Wildman–Crippen MR) is 112 cm³/mol. The van der Waals surface area contributed by atoms with Gasteiger partial charge in [-0.1, -0.05) is 45.4 Å². The van der Waals surface area contributed by atoms with Crippen molar-refractivity contribution in [3.05, 3.63) is 23.3 Å². The third kappa shape index (κ3) is 5.31. The van der Waals surface area contributed by atoms with Gasteiger partial charge in [-0.2, -0.15) is 0 Å². The lowest BCUT2D eigenvalue weighted by Crippen LogP contribution is -2.40. The van der Waals surface area contributed by atoms with E-state index in [1.165, 1.54) is 17.6 Å². The van der Waals surface area contributed by atoms with Crippen molar-refractivity contribution in [3.8, 4) is 0 Å². The van der Waals surface area contributed by atoms with Gasteiger partial charge in [-0.25, -0.2) is 0 Å². The molecule has 150 valence electrons. The maximum Gasteiger partial charge on any atom is 0.192 e. The molecule has 1 spiro atoms. The summed E-state index contributed by atoms with van der Waals surface area (Å²) in [7, 11) is -1.66. The van der Waals surface area contributed by atoms with E-state index < -0.39 is 8.32 Å². The summed E-state index contributed by atoms with van der Waals surface area (Å²) in [4.78, 5) is 0. The van der Waals surface area contributed by atoms with Crippen LogP contribution in [0.4, 0.5) is 0 Å². The Bertz CT molecular complexity index is 522. The molecule has 26 heavy (non-hydrogen) atoms. The zero-order chi connectivity index (χ0) is 19.4. The van der Waals surface area contributed by atoms with Crippen LogP contribution in [0.5, 0.6) is 0 Å². The molecule has 0 aromatic rings. The van der Waals surface area contributed by atoms with Crippen LogP contribution in [0.3, 0.4) is 0 Å². The third-order valence-electron chi connectivity index (χ3n) is 6.62. The highest BCUT2D eigenvalue weighted by atomic mass is 28.4. The van der Waals surface area contributed by atoms with E-state index >= 15 is 0 Å². The summed E-state index contributed by atoms with van der Waals surface area (Å²) in [5.74, 6) is 0.167. The molecule has 0 amide bonds. The van der Waals surface area contributed by atoms with Gasteiger partial charge in [0.1, 0.15) is 0 Å². The van der Waals surface area contributed by atoms with Crippen LogP contribution in [0, 0.1) is 5.92 Å². The minimum Gasteiger partial charge on any atom is -0.413 e. The van der Waals surface area contributed by atoms with Crippen LogP contribution in [-0.2, 0) is 13.9 Å². The van der Waals surface area contributed by atoms with Crippen molar-refractivity contribution in [1.82, 2.24) is 0 Å². The fourth-order valence-corrected chi connectivity index (χ4v) is 4.34. The van der Waals surface area contributed by atoms with Gasteiger partial charge in [0.2, 0.25) is 0 Å². The highest BCUT2D eigenvalue weighted by Gasteiger charge is 2.41. The summed E-state index contributed by atoms with van der Waals surface area (Å²) in [5, 5.41) is 0.267. The largest absolute Gasteiger partial charge is 0.413 e. The Morgan fingerprint density at radius 2 is 1.96 bits per heavy atom. The van der Waals surface area contributed by atoms with Gasteiger partial charge in [-0.3, -0.25) is 0 Å². The first kappa shape index (κ1) is 21.9. The lowest BCUT2D eigenvalue weighted by molar-refractivity contribution is -0.136. The lowest BCUT2D eigenvalue weighted by Gasteiger charge is -2.36. The molecule has 1 aliphatic heterocycles. The van der Waals surface area contributed by atoms with Crippen LogP contribution in [0.1, 0.15) is 66.7 Å². The van der Waals surface area contributed by atoms with Crippen molar-refractivity contribution in [1.29, 1.82) is 0 Å². The second-order valence-electron chi connectivity index (χ2n) is 9.53. The molecule has 0 aromatic heterocycles. The molecule has 1 atom stereocenters. The monoisotopic (exact) mass is 380 g/mol. The summed E-state index contributed by atoms with van der Waals surface area (Å²) >= 11 is 0. The fraction of sp³-hybridized carbons (Fsp3) is 0.818. The van der Waals surface area contributed by atoms with Crippen LogP contribution in [0.25, 0.3) is 0 Å². The third-order valence-corrected chi connectivity index (χ3v) is 11.1. The molecule has 3 nitrogen and oxygen atoms in total. The first-order chi connectivity index (χ1) is 12.1. The molecule has 0 N–H and O–H groups in total. The van der Waals surface area contributed by atoms with E-state index in [1.54, 1.807) is 0 Å². The summed E-state index contributed by atoms with van der Waals surface area (Å²) in [5.41, 5.74) is 2.81. The number of rotatable bonds is 7. The van der Waals surface area contributed by atoms with Crippen molar-refractivity contribution in [2.45, 2.75) is 90.6 Å². The zero-order valence-corrected chi connectivity index (χ0v) is 19.1. The Morgan fingerprint density at radius 1 is 1.31 bits per heavy atom. The average molecular weight is 381 g/mol. The summed E-state index contributed by atoms with van der Waals surface area (Å²) in [6.45, 7) is 18.3. The van der Waals surface area contributed by atoms with Gasteiger partial charge in [0.05, 0.1) is 19.8 Å². The number of allylic oxidation sites excluding steroid dienone is 2. The maximum atomic E-state index is 6.30. The zero-order valence-electron chi connectivity index (χ0n) is 18.1. The lowest BCUT2D eigenvalue weighted by atomic mass is 9.86. The number of ether oxygens (including phenoxy) is 2. The minimum atomic E-state index is -1.66. The van der Waals surface area contributed by atoms with Crippen molar-refractivity contribution < 1.29 is 13.9 Å². The van der Waals surface area contributed by atoms with E-state index in [-0.39, 0.29) is 10.8 Å². The Morgan fingerprint density at radius 3 is 2.58 bits per heavy atom. The van der Waals surface area contributed by atoms with Gasteiger partial charge in [-0.05, 0) is 62.2 Å². The molecule has 4 heteroatoms. The molecule has 1 aliphatic carbocycles. The topological polar surface area (TPSA) is 27.7 Å². The minimum absolute atomic E-state index is 0.267. The van der Waals surface area contributed by atoms with Crippen LogP contribution < -0.4 is 0 Å². The van der Waals surface area contributed by atoms with Gasteiger partial charge < -0.3 is 13.9 Å². The molecule has 1 saturated heterocycles. The van der Waals surface area contributed by atoms with E-state index in [0.717, 1.165) is 45.5 Å². The Kier molecular flexibility index (Phi) is 7.34. The highest BCUT2D eigenvalue weighted by Crippen LogP contribution is 2.40. The second kappa shape index (κ2) is 8.72. The maximum absolute atomic E-state index is 6.30. The Balaban J connectivity index is 1.85. The van der Waals surface area contributed by atoms with Crippen LogP contribution in [0.2, 0.25) is 18.1 Å². The molecule has 1 fully saturated rings. The quantitative estimate of drug-likeness (QED) is 0.387. The molecule has 0 aromatic carbocycles. The van der Waals surface area contributed by atoms with Crippen molar-refractivity contribution in [3.63, 3.8) is 0 Å². The molecular formula is C22H40O3Si. The van der Waals surface area contributed by atoms with Crippen LogP contribution in [0.15, 0.2) is 23.3 Å². The molecule has 0 radical (unpaired) electrons. The van der Waals surface area contributed by atoms with E-state index in [0.29, 0.717) is 5.92 Å². The number of hydrogen-bond acceptors (Lipinski definition) is 3. The van der Waals surface area contributed by atoms with Gasteiger partial charge in [0.25, 0.3) is 0 Å². The first-order valence-electron chi connectivity index (χ1n) is 10.4. The SMILES string of the molecule is C/C(=C\CO[Si](C)(C)C(C)(C)C)C(C)CCC1=CCCCC12OCCO2. The highest BCUT2D eigenvalue weighted by molar-refractivity contribution is 6.74. The fourth-order valence-electron chi connectivity index (χ4n) is 3.40. The molecule has 0 bridgehead atoms. The van der Waals surface area contributed by atoms with E-state index in [4.69, 9.17) is 13.9 Å². The molecule has 2 aliphatic rings. The first-order valence-corrected chi connectivity index (χ1v) is 13.3. The van der Waals surface area contributed by atoms with E-state index in [1.807, 2.05) is 0 Å². The molecule has 1 unspecified atom stereocenters. The normalized spacial score (nSPS) is 22.6. The average Bonchev–Trinajstić information content (AvgIpc) is 3.01. The summed E-state index contributed by atoms with van der Waals surface area (Å²) < 4.78 is 18.3. The smallest absolute Gasteiger partial charge is 0.192 e. The van der Waals surface area contributed by atoms with Gasteiger partial charge in [0, 0.05) is 6.42 Å². The van der Waals surface area contributed by atoms with Crippen molar-refractivity contribution in [2.24, 2.45) is 5.92 Å². The summed E-state index contributed by atoms with van der Waals surface area (Å²) in [6, 6.07) is 0. The van der Waals surface area contributed by atoms with Crippen LogP contribution in [-0.4, -0.2) is 33.9 Å². The number of hydrogen-bond donors (Lipinski definition) is 0. The molecule has 0 saturated carbocycles. The second-order valence-corrected chi connectivity index (χ2v) is 14.3. The van der Waals surface area contributed by atoms with E-state index in [9.17, 15) is 0 Å². The molecular weight excluding hydrogens is 340 g/mol. The van der Waals surface area contributed by atoms with Gasteiger partial charge in [0.15, 0.2) is 14.1 Å². The van der Waals surface area contributed by atoms with Crippen molar-refractivity contribution >= 4 is 8.32 Å². The van der Waals surface area contributed by atoms with Crippen LogP contribution >= 0.6 is 0 Å². The van der Waals surface area contributed by atoms with Crippen molar-refractivity contribution in [2.75, 3.05) is 19.8 Å². The summed E-state index contributed by atoms with van der Waals surface area (Å²) in [6.07, 6.45) is 10.2. The van der Waals surface area contributed by atoms with Gasteiger partial charge >= 0.3 is 0 Å². The predicted octanol–water partition coefficient (Wildman–Crippen LogP) is 6.22. The standard InChI is InChI=1S/C22H40O3Si/c1-18(19(2)13-15-25-26(6,7)21(3,4)5)11-12-20-10-8-9-14-22(20)23-16-17-24-22/h10,13,18H,8-9,11-12,14-17H2,1-7H3/b19-13+. The Hall–Kier alpha value is -0.423. The molecule has 1 heterocycles.